The van der Waals surface area contributed by atoms with Gasteiger partial charge in [0.2, 0.25) is 5.91 Å². The molecule has 0 saturated carbocycles. The molecule has 7 heteroatoms. The smallest absolute Gasteiger partial charge is 0.370 e. The summed E-state index contributed by atoms with van der Waals surface area (Å²) in [5.41, 5.74) is 0. The van der Waals surface area contributed by atoms with Crippen LogP contribution < -0.4 is 5.32 Å². The van der Waals surface area contributed by atoms with Crippen LogP contribution in [0.1, 0.15) is 13.8 Å². The van der Waals surface area contributed by atoms with Gasteiger partial charge in [-0.05, 0) is 5.92 Å². The van der Waals surface area contributed by atoms with Crippen LogP contribution in [0.5, 0.6) is 0 Å². The highest BCUT2D eigenvalue weighted by atomic mass is 19.4. The van der Waals surface area contributed by atoms with E-state index >= 15 is 0 Å². The van der Waals surface area contributed by atoms with Gasteiger partial charge in [-0.2, -0.15) is 18.4 Å². The van der Waals surface area contributed by atoms with Crippen LogP contribution in [0.25, 0.3) is 0 Å². The van der Waals surface area contributed by atoms with Crippen molar-refractivity contribution in [1.29, 1.82) is 5.26 Å². The number of rotatable bonds is 6. The van der Waals surface area contributed by atoms with Gasteiger partial charge in [0.15, 0.2) is 0 Å². The molecule has 0 aliphatic heterocycles. The Bertz CT molecular complexity index is 284. The molecule has 0 fully saturated rings. The van der Waals surface area contributed by atoms with Crippen molar-refractivity contribution < 1.29 is 22.7 Å². The summed E-state index contributed by atoms with van der Waals surface area (Å²) in [4.78, 5) is 11.4. The summed E-state index contributed by atoms with van der Waals surface area (Å²) >= 11 is 0. The number of ether oxygens (including phenoxy) is 1. The summed E-state index contributed by atoms with van der Waals surface area (Å²) in [6.07, 6.45) is -4.36. The van der Waals surface area contributed by atoms with Crippen LogP contribution in [-0.2, 0) is 9.53 Å². The maximum atomic E-state index is 11.7. The number of nitrogens with zero attached hydrogens (tertiary/aromatic N) is 1. The first-order valence-electron chi connectivity index (χ1n) is 5.09. The van der Waals surface area contributed by atoms with E-state index in [4.69, 9.17) is 5.26 Å². The van der Waals surface area contributed by atoms with Crippen molar-refractivity contribution >= 4 is 5.91 Å². The number of carbonyl (C=O) groups is 1. The average molecular weight is 252 g/mol. The number of halogens is 3. The minimum Gasteiger partial charge on any atom is -0.370 e. The van der Waals surface area contributed by atoms with E-state index in [0.29, 0.717) is 0 Å². The van der Waals surface area contributed by atoms with Gasteiger partial charge in [0, 0.05) is 6.54 Å². The third-order valence-corrected chi connectivity index (χ3v) is 1.90. The van der Waals surface area contributed by atoms with E-state index in [0.717, 1.165) is 0 Å². The van der Waals surface area contributed by atoms with Crippen LogP contribution in [0.15, 0.2) is 0 Å². The molecule has 0 rings (SSSR count). The van der Waals surface area contributed by atoms with Crippen LogP contribution in [0.3, 0.4) is 0 Å². The topological polar surface area (TPSA) is 62.1 Å². The number of carbonyl (C=O) groups excluding carboxylic acids is 1. The lowest BCUT2D eigenvalue weighted by Crippen LogP contribution is -2.35. The maximum absolute atomic E-state index is 11.7. The molecule has 0 aromatic rings. The summed E-state index contributed by atoms with van der Waals surface area (Å²) in [6, 6.07) is 1.83. The number of hydrogen-bond acceptors (Lipinski definition) is 3. The highest BCUT2D eigenvalue weighted by Gasteiger charge is 2.27. The molecule has 0 radical (unpaired) electrons. The summed E-state index contributed by atoms with van der Waals surface area (Å²) < 4.78 is 39.3. The molecule has 0 aromatic heterocycles. The van der Waals surface area contributed by atoms with E-state index in [-0.39, 0.29) is 19.1 Å². The van der Waals surface area contributed by atoms with Crippen LogP contribution in [0.4, 0.5) is 13.2 Å². The van der Waals surface area contributed by atoms with E-state index in [1.54, 1.807) is 13.8 Å². The lowest BCUT2D eigenvalue weighted by Gasteiger charge is -2.13. The van der Waals surface area contributed by atoms with Crippen LogP contribution in [-0.4, -0.2) is 31.8 Å². The van der Waals surface area contributed by atoms with Crippen molar-refractivity contribution in [2.24, 2.45) is 11.8 Å². The largest absolute Gasteiger partial charge is 0.411 e. The van der Waals surface area contributed by atoms with Gasteiger partial charge >= 0.3 is 6.18 Å². The molecule has 1 amide bonds. The van der Waals surface area contributed by atoms with Crippen molar-refractivity contribution in [3.8, 4) is 6.07 Å². The van der Waals surface area contributed by atoms with Crippen LogP contribution in [0, 0.1) is 23.2 Å². The molecule has 0 spiro atoms. The van der Waals surface area contributed by atoms with E-state index in [1.807, 2.05) is 6.07 Å². The third-order valence-electron chi connectivity index (χ3n) is 1.90. The Kier molecular flexibility index (Phi) is 6.58. The van der Waals surface area contributed by atoms with Crippen molar-refractivity contribution in [3.63, 3.8) is 0 Å². The Morgan fingerprint density at radius 1 is 1.47 bits per heavy atom. The molecule has 0 saturated heterocycles. The lowest BCUT2D eigenvalue weighted by molar-refractivity contribution is -0.173. The van der Waals surface area contributed by atoms with Gasteiger partial charge < -0.3 is 10.1 Å². The molecule has 1 N–H and O–H groups in total. The van der Waals surface area contributed by atoms with Gasteiger partial charge in [0.05, 0.1) is 12.7 Å². The molecule has 1 atom stereocenters. The Morgan fingerprint density at radius 3 is 2.47 bits per heavy atom. The molecule has 17 heavy (non-hydrogen) atoms. The number of amides is 1. The van der Waals surface area contributed by atoms with Gasteiger partial charge in [-0.3, -0.25) is 4.79 Å². The fraction of sp³-hybridized carbons (Fsp3) is 0.800. The highest BCUT2D eigenvalue weighted by Crippen LogP contribution is 2.14. The molecule has 0 aromatic carbocycles. The van der Waals surface area contributed by atoms with E-state index in [2.05, 4.69) is 10.1 Å². The SMILES string of the molecule is CC(C)C(C#N)C(=O)NCCOCC(F)(F)F. The second kappa shape index (κ2) is 7.12. The van der Waals surface area contributed by atoms with E-state index < -0.39 is 24.6 Å². The van der Waals surface area contributed by atoms with Gasteiger partial charge in [-0.1, -0.05) is 13.8 Å². The molecule has 0 heterocycles. The highest BCUT2D eigenvalue weighted by molar-refractivity contribution is 5.81. The Balaban J connectivity index is 3.76. The molecule has 0 aliphatic carbocycles. The van der Waals surface area contributed by atoms with Crippen LogP contribution >= 0.6 is 0 Å². The molecule has 0 bridgehead atoms. The van der Waals surface area contributed by atoms with Gasteiger partial charge in [-0.15, -0.1) is 0 Å². The van der Waals surface area contributed by atoms with Crippen molar-refractivity contribution in [1.82, 2.24) is 5.32 Å². The summed E-state index contributed by atoms with van der Waals surface area (Å²) in [7, 11) is 0. The first-order valence-corrected chi connectivity index (χ1v) is 5.09. The second-order valence-electron chi connectivity index (χ2n) is 3.81. The van der Waals surface area contributed by atoms with E-state index in [9.17, 15) is 18.0 Å². The molecule has 98 valence electrons. The maximum Gasteiger partial charge on any atom is 0.411 e. The summed E-state index contributed by atoms with van der Waals surface area (Å²) in [5, 5.41) is 11.0. The number of hydrogen-bond donors (Lipinski definition) is 1. The quantitative estimate of drug-likeness (QED) is 0.728. The fourth-order valence-electron chi connectivity index (χ4n) is 1.05. The fourth-order valence-corrected chi connectivity index (χ4v) is 1.05. The monoisotopic (exact) mass is 252 g/mol. The van der Waals surface area contributed by atoms with Crippen molar-refractivity contribution in [2.75, 3.05) is 19.8 Å². The lowest BCUT2D eigenvalue weighted by atomic mass is 9.97. The third kappa shape index (κ3) is 7.58. The minimum absolute atomic E-state index is 0.0419. The zero-order valence-corrected chi connectivity index (χ0v) is 9.67. The molecular weight excluding hydrogens is 237 g/mol. The van der Waals surface area contributed by atoms with Gasteiger partial charge in [0.25, 0.3) is 0 Å². The summed E-state index contributed by atoms with van der Waals surface area (Å²) in [6.45, 7) is 1.82. The Morgan fingerprint density at radius 2 is 2.06 bits per heavy atom. The standard InChI is InChI=1S/C10H15F3N2O2/c1-7(2)8(5-14)9(16)15-3-4-17-6-10(11,12)13/h7-8H,3-4,6H2,1-2H3,(H,15,16). The van der Waals surface area contributed by atoms with E-state index in [1.165, 1.54) is 0 Å². The Hall–Kier alpha value is -1.29. The predicted octanol–water partition coefficient (Wildman–Crippen LogP) is 1.48. The predicted molar refractivity (Wildman–Crippen MR) is 53.8 cm³/mol. The average Bonchev–Trinajstić information content (AvgIpc) is 2.15. The Labute approximate surface area is 97.7 Å². The molecule has 0 aliphatic rings. The molecule has 1 unspecified atom stereocenters. The van der Waals surface area contributed by atoms with Crippen molar-refractivity contribution in [3.05, 3.63) is 0 Å². The second-order valence-corrected chi connectivity index (χ2v) is 3.81. The first-order chi connectivity index (χ1) is 7.78. The minimum atomic E-state index is -4.36. The first kappa shape index (κ1) is 15.7. The number of alkyl halides is 3. The van der Waals surface area contributed by atoms with Gasteiger partial charge in [-0.25, -0.2) is 0 Å². The molecule has 4 nitrogen and oxygen atoms in total. The van der Waals surface area contributed by atoms with Gasteiger partial charge in [0.1, 0.15) is 12.5 Å². The normalized spacial score (nSPS) is 13.2. The zero-order chi connectivity index (χ0) is 13.5. The number of nitriles is 1. The zero-order valence-electron chi connectivity index (χ0n) is 9.67. The summed E-state index contributed by atoms with van der Waals surface area (Å²) in [5.74, 6) is -1.42. The van der Waals surface area contributed by atoms with Crippen LogP contribution in [0.2, 0.25) is 0 Å². The van der Waals surface area contributed by atoms with Crippen molar-refractivity contribution in [2.45, 2.75) is 20.0 Å². The number of nitrogens with one attached hydrogen (secondary N) is 1. The molecular formula is C10H15F3N2O2.